The number of aryl methyl sites for hydroxylation is 1. The van der Waals surface area contributed by atoms with Crippen molar-refractivity contribution in [1.29, 1.82) is 0 Å². The summed E-state index contributed by atoms with van der Waals surface area (Å²) in [6.45, 7) is 3.59. The summed E-state index contributed by atoms with van der Waals surface area (Å²) in [5, 5.41) is 29.9. The van der Waals surface area contributed by atoms with Gasteiger partial charge in [-0.05, 0) is 36.1 Å². The Morgan fingerprint density at radius 3 is 2.37 bits per heavy atom. The Morgan fingerprint density at radius 1 is 1.06 bits per heavy atom. The molecular formula is C33H35F3N10O5. The van der Waals surface area contributed by atoms with Crippen molar-refractivity contribution in [2.24, 2.45) is 0 Å². The van der Waals surface area contributed by atoms with Gasteiger partial charge in [-0.2, -0.15) is 27.9 Å². The smallest absolute Gasteiger partial charge is 0.448 e. The van der Waals surface area contributed by atoms with Crippen LogP contribution in [-0.4, -0.2) is 95.0 Å². The molecule has 2 saturated heterocycles. The molecule has 51 heavy (non-hydrogen) atoms. The lowest BCUT2D eigenvalue weighted by atomic mass is 9.91. The molecule has 0 bridgehead atoms. The first-order valence-corrected chi connectivity index (χ1v) is 16.5. The number of hydrogen-bond acceptors (Lipinski definition) is 13. The van der Waals surface area contributed by atoms with E-state index in [-0.39, 0.29) is 34.9 Å². The van der Waals surface area contributed by atoms with Crippen molar-refractivity contribution in [3.63, 3.8) is 0 Å². The summed E-state index contributed by atoms with van der Waals surface area (Å²) in [6.07, 6.45) is -9.21. The molecule has 18 heteroatoms. The van der Waals surface area contributed by atoms with E-state index in [1.165, 1.54) is 15.7 Å². The van der Waals surface area contributed by atoms with Crippen LogP contribution in [0.15, 0.2) is 67.0 Å². The molecule has 5 heterocycles. The molecule has 3 N–H and O–H groups in total. The molecule has 268 valence electrons. The molecular weight excluding hydrogens is 673 g/mol. The van der Waals surface area contributed by atoms with E-state index in [9.17, 15) is 23.1 Å². The Labute approximate surface area is 289 Å². The summed E-state index contributed by atoms with van der Waals surface area (Å²) in [6, 6.07) is 19.9. The Balaban J connectivity index is 1.28. The molecule has 0 saturated carbocycles. The summed E-state index contributed by atoms with van der Waals surface area (Å²) in [7, 11) is 0. The number of aromatic nitrogens is 8. The van der Waals surface area contributed by atoms with Gasteiger partial charge in [0.15, 0.2) is 35.4 Å². The summed E-state index contributed by atoms with van der Waals surface area (Å²) in [5.74, 6) is -2.12. The second-order valence-electron chi connectivity index (χ2n) is 12.1. The number of fused-ring (bicyclic) bond motifs is 1. The van der Waals surface area contributed by atoms with E-state index in [4.69, 9.17) is 24.2 Å². The van der Waals surface area contributed by atoms with E-state index < -0.39 is 36.7 Å². The van der Waals surface area contributed by atoms with E-state index in [1.54, 1.807) is 6.92 Å². The van der Waals surface area contributed by atoms with Crippen LogP contribution in [0.1, 0.15) is 55.0 Å². The van der Waals surface area contributed by atoms with Gasteiger partial charge in [-0.25, -0.2) is 9.78 Å². The highest BCUT2D eigenvalue weighted by atomic mass is 19.4. The molecule has 0 amide bonds. The third-order valence-electron chi connectivity index (χ3n) is 8.82. The molecule has 2 aliphatic rings. The number of carbonyl (C=O) groups is 1. The van der Waals surface area contributed by atoms with Crippen LogP contribution < -0.4 is 10.6 Å². The van der Waals surface area contributed by atoms with Crippen LogP contribution in [0.2, 0.25) is 0 Å². The topological polar surface area (TPSA) is 176 Å². The van der Waals surface area contributed by atoms with Gasteiger partial charge in [-0.1, -0.05) is 60.7 Å². The first-order valence-electron chi connectivity index (χ1n) is 16.5. The number of carbonyl (C=O) groups excluding carboxylic acids is 1. The molecule has 2 fully saturated rings. The molecule has 15 nitrogen and oxygen atoms in total. The third kappa shape index (κ3) is 7.33. The minimum atomic E-state index is -5.34. The molecule has 0 radical (unpaired) electrons. The normalized spacial score (nSPS) is 21.3. The van der Waals surface area contributed by atoms with Crippen molar-refractivity contribution in [3.05, 3.63) is 83.9 Å². The molecule has 4 atom stereocenters. The van der Waals surface area contributed by atoms with Gasteiger partial charge in [-0.3, -0.25) is 4.57 Å². The number of imidazole rings is 1. The number of benzene rings is 2. The maximum Gasteiger partial charge on any atom is 0.490 e. The summed E-state index contributed by atoms with van der Waals surface area (Å²) in [4.78, 5) is 27.3. The number of halogens is 3. The van der Waals surface area contributed by atoms with Gasteiger partial charge >= 0.3 is 12.1 Å². The first kappa shape index (κ1) is 34.3. The number of alkyl halides is 3. The highest BCUT2D eigenvalue weighted by Gasteiger charge is 2.53. The average Bonchev–Trinajstić information content (AvgIpc) is 3.87. The Hall–Kier alpha value is -5.20. The Kier molecular flexibility index (Phi) is 9.79. The zero-order valence-electron chi connectivity index (χ0n) is 27.3. The predicted molar refractivity (Wildman–Crippen MR) is 174 cm³/mol. The number of tetrazole rings is 1. The first-order chi connectivity index (χ1) is 24.7. The van der Waals surface area contributed by atoms with Gasteiger partial charge in [0, 0.05) is 31.7 Å². The highest BCUT2D eigenvalue weighted by molar-refractivity contribution is 5.84. The van der Waals surface area contributed by atoms with Crippen molar-refractivity contribution in [2.75, 3.05) is 30.4 Å². The largest absolute Gasteiger partial charge is 0.490 e. The monoisotopic (exact) mass is 708 g/mol. The van der Waals surface area contributed by atoms with Crippen molar-refractivity contribution < 1.29 is 37.3 Å². The van der Waals surface area contributed by atoms with Gasteiger partial charge < -0.3 is 30.0 Å². The second-order valence-corrected chi connectivity index (χ2v) is 12.1. The highest BCUT2D eigenvalue weighted by Crippen LogP contribution is 2.41. The van der Waals surface area contributed by atoms with Crippen LogP contribution >= 0.6 is 0 Å². The van der Waals surface area contributed by atoms with Crippen LogP contribution in [0, 0.1) is 0 Å². The van der Waals surface area contributed by atoms with E-state index in [0.717, 1.165) is 11.1 Å². The van der Waals surface area contributed by atoms with Crippen LogP contribution in [0.5, 0.6) is 0 Å². The molecule has 7 rings (SSSR count). The molecule has 2 aliphatic heterocycles. The van der Waals surface area contributed by atoms with E-state index >= 15 is 0 Å². The molecule has 0 unspecified atom stereocenters. The Morgan fingerprint density at radius 2 is 1.75 bits per heavy atom. The van der Waals surface area contributed by atoms with Gasteiger partial charge in [-0.15, -0.1) is 10.2 Å². The number of hydrogen-bond donors (Lipinski definition) is 3. The van der Waals surface area contributed by atoms with Crippen LogP contribution in [0.25, 0.3) is 11.2 Å². The molecule has 5 aromatic rings. The fourth-order valence-corrected chi connectivity index (χ4v) is 6.22. The van der Waals surface area contributed by atoms with E-state index in [2.05, 4.69) is 31.0 Å². The van der Waals surface area contributed by atoms with Crippen molar-refractivity contribution >= 4 is 28.9 Å². The maximum absolute atomic E-state index is 13.4. The fourth-order valence-electron chi connectivity index (χ4n) is 6.22. The summed E-state index contributed by atoms with van der Waals surface area (Å²) < 4.78 is 58.1. The summed E-state index contributed by atoms with van der Waals surface area (Å²) >= 11 is 0. The average molecular weight is 709 g/mol. The van der Waals surface area contributed by atoms with Gasteiger partial charge in [0.2, 0.25) is 11.8 Å². The molecule has 2 aromatic carbocycles. The third-order valence-corrected chi connectivity index (χ3v) is 8.82. The lowest BCUT2D eigenvalue weighted by Gasteiger charge is -2.24. The number of anilines is 2. The fraction of sp³-hybridized carbons (Fsp3) is 0.424. The number of nitrogens with one attached hydrogen (secondary N) is 2. The minimum absolute atomic E-state index is 0.0107. The van der Waals surface area contributed by atoms with Crippen molar-refractivity contribution in [2.45, 2.75) is 69.0 Å². The quantitative estimate of drug-likeness (QED) is 0.169. The number of aliphatic hydroxyl groups is 1. The number of ether oxygens (including phenoxy) is 3. The molecule has 0 aliphatic carbocycles. The van der Waals surface area contributed by atoms with Crippen molar-refractivity contribution in [3.8, 4) is 0 Å². The maximum atomic E-state index is 13.4. The standard InChI is InChI=1S/C33H35F3N10O5/c1-2-46-43-28(42-44-46)25-24(47)26(51-31(48)33(34,35)36)30(50-25)45-18-38-23-27(40-32(41-29(23)45)39-21-13-15-49-16-14-21)37-17-22(19-9-5-3-6-10-19)20-11-7-4-8-12-20/h3-12,18,21-22,24-26,30,47H,2,13-17H2,1H3,(H2,37,39,40,41)/t24-,25+,26-,30-/m1/s1. The zero-order chi connectivity index (χ0) is 35.5. The number of nitrogens with zero attached hydrogens (tertiary/aromatic N) is 8. The van der Waals surface area contributed by atoms with Crippen LogP contribution in [-0.2, 0) is 25.5 Å². The lowest BCUT2D eigenvalue weighted by Crippen LogP contribution is -2.38. The SMILES string of the molecule is CCn1nnc([C@H]2O[C@@H](n3cnc4c(NCC(c5ccccc5)c5ccccc5)nc(NC5CCOCC5)nc43)[C@H](OC(=O)C(F)(F)F)[C@@H]2O)n1. The number of rotatable bonds is 11. The number of aliphatic hydroxyl groups excluding tert-OH is 1. The number of esters is 1. The van der Waals surface area contributed by atoms with Crippen LogP contribution in [0.4, 0.5) is 24.9 Å². The van der Waals surface area contributed by atoms with Gasteiger partial charge in [0.25, 0.3) is 0 Å². The lowest BCUT2D eigenvalue weighted by molar-refractivity contribution is -0.211. The van der Waals surface area contributed by atoms with Crippen molar-refractivity contribution in [1.82, 2.24) is 39.7 Å². The Bertz CT molecular complexity index is 1900. The van der Waals surface area contributed by atoms with Gasteiger partial charge in [0.05, 0.1) is 12.9 Å². The van der Waals surface area contributed by atoms with E-state index in [0.29, 0.717) is 45.0 Å². The second kappa shape index (κ2) is 14.6. The molecule has 0 spiro atoms. The minimum Gasteiger partial charge on any atom is -0.448 e. The van der Waals surface area contributed by atoms with Crippen LogP contribution in [0.3, 0.4) is 0 Å². The van der Waals surface area contributed by atoms with E-state index in [1.807, 2.05) is 60.7 Å². The predicted octanol–water partition coefficient (Wildman–Crippen LogP) is 3.77. The zero-order valence-corrected chi connectivity index (χ0v) is 27.3. The summed E-state index contributed by atoms with van der Waals surface area (Å²) in [5.41, 5.74) is 2.55. The molecule has 3 aromatic heterocycles. The van der Waals surface area contributed by atoms with Gasteiger partial charge in [0.1, 0.15) is 6.10 Å².